The normalized spacial score (nSPS) is 26.6. The molecule has 0 aromatic rings. The van der Waals surface area contributed by atoms with E-state index in [4.69, 9.17) is 10.8 Å². The number of hydrogen-bond donors (Lipinski definition) is 3. The Kier molecular flexibility index (Phi) is 5.14. The monoisotopic (exact) mass is 256 g/mol. The summed E-state index contributed by atoms with van der Waals surface area (Å²) >= 11 is 0. The fourth-order valence-corrected chi connectivity index (χ4v) is 2.66. The average molecular weight is 256 g/mol. The lowest BCUT2D eigenvalue weighted by atomic mass is 9.94. The van der Waals surface area contributed by atoms with E-state index in [2.05, 4.69) is 5.32 Å². The van der Waals surface area contributed by atoms with Crippen LogP contribution >= 0.6 is 0 Å². The molecule has 1 aliphatic carbocycles. The SMILES string of the molecule is CCCC(C)(N)C(=O)NCC1CCCC1C(=O)O. The van der Waals surface area contributed by atoms with Crippen molar-refractivity contribution in [3.05, 3.63) is 0 Å². The van der Waals surface area contributed by atoms with E-state index < -0.39 is 11.5 Å². The molecule has 3 unspecified atom stereocenters. The van der Waals surface area contributed by atoms with Gasteiger partial charge in [-0.05, 0) is 32.1 Å². The Morgan fingerprint density at radius 1 is 1.44 bits per heavy atom. The highest BCUT2D eigenvalue weighted by Crippen LogP contribution is 2.31. The molecule has 0 aromatic carbocycles. The lowest BCUT2D eigenvalue weighted by Crippen LogP contribution is -2.52. The maximum Gasteiger partial charge on any atom is 0.306 e. The van der Waals surface area contributed by atoms with Crippen LogP contribution in [0.4, 0.5) is 0 Å². The quantitative estimate of drug-likeness (QED) is 0.664. The molecule has 0 spiro atoms. The van der Waals surface area contributed by atoms with Gasteiger partial charge >= 0.3 is 5.97 Å². The molecule has 0 bridgehead atoms. The number of hydrogen-bond acceptors (Lipinski definition) is 3. The van der Waals surface area contributed by atoms with Gasteiger partial charge in [-0.25, -0.2) is 0 Å². The third kappa shape index (κ3) is 3.70. The summed E-state index contributed by atoms with van der Waals surface area (Å²) in [7, 11) is 0. The van der Waals surface area contributed by atoms with Gasteiger partial charge in [-0.3, -0.25) is 9.59 Å². The van der Waals surface area contributed by atoms with E-state index in [9.17, 15) is 9.59 Å². The van der Waals surface area contributed by atoms with Gasteiger partial charge in [-0.1, -0.05) is 19.8 Å². The van der Waals surface area contributed by atoms with Gasteiger partial charge in [-0.2, -0.15) is 0 Å². The topological polar surface area (TPSA) is 92.4 Å². The molecule has 5 heteroatoms. The Morgan fingerprint density at radius 3 is 2.67 bits per heavy atom. The molecule has 1 fully saturated rings. The predicted octanol–water partition coefficient (Wildman–Crippen LogP) is 1.12. The van der Waals surface area contributed by atoms with Gasteiger partial charge in [0.2, 0.25) is 5.91 Å². The van der Waals surface area contributed by atoms with Gasteiger partial charge in [0.05, 0.1) is 11.5 Å². The van der Waals surface area contributed by atoms with Gasteiger partial charge in [0.1, 0.15) is 0 Å². The zero-order chi connectivity index (χ0) is 13.8. The number of nitrogens with two attached hydrogens (primary N) is 1. The molecule has 1 aliphatic rings. The molecular weight excluding hydrogens is 232 g/mol. The molecular formula is C13H24N2O3. The second-order valence-corrected chi connectivity index (χ2v) is 5.51. The number of carbonyl (C=O) groups is 2. The van der Waals surface area contributed by atoms with Gasteiger partial charge in [0.15, 0.2) is 0 Å². The first-order valence-electron chi connectivity index (χ1n) is 6.68. The zero-order valence-corrected chi connectivity index (χ0v) is 11.2. The third-order valence-electron chi connectivity index (χ3n) is 3.79. The molecule has 1 saturated carbocycles. The van der Waals surface area contributed by atoms with Crippen LogP contribution < -0.4 is 11.1 Å². The Balaban J connectivity index is 2.45. The fourth-order valence-electron chi connectivity index (χ4n) is 2.66. The van der Waals surface area contributed by atoms with Gasteiger partial charge in [-0.15, -0.1) is 0 Å². The van der Waals surface area contributed by atoms with Crippen LogP contribution in [0.25, 0.3) is 0 Å². The molecule has 18 heavy (non-hydrogen) atoms. The van der Waals surface area contributed by atoms with E-state index in [-0.39, 0.29) is 17.7 Å². The third-order valence-corrected chi connectivity index (χ3v) is 3.79. The van der Waals surface area contributed by atoms with Gasteiger partial charge < -0.3 is 16.2 Å². The predicted molar refractivity (Wildman–Crippen MR) is 69.0 cm³/mol. The molecule has 0 aromatic heterocycles. The summed E-state index contributed by atoms with van der Waals surface area (Å²) < 4.78 is 0. The Labute approximate surface area is 108 Å². The van der Waals surface area contributed by atoms with Crippen LogP contribution in [0.3, 0.4) is 0 Å². The minimum Gasteiger partial charge on any atom is -0.481 e. The number of carboxylic acid groups (broad SMARTS) is 1. The lowest BCUT2D eigenvalue weighted by Gasteiger charge is -2.24. The maximum atomic E-state index is 11.9. The molecule has 1 rings (SSSR count). The summed E-state index contributed by atoms with van der Waals surface area (Å²) in [6.07, 6.45) is 3.98. The fraction of sp³-hybridized carbons (Fsp3) is 0.846. The second-order valence-electron chi connectivity index (χ2n) is 5.51. The largest absolute Gasteiger partial charge is 0.481 e. The molecule has 0 aliphatic heterocycles. The van der Waals surface area contributed by atoms with Crippen molar-refractivity contribution in [1.82, 2.24) is 5.32 Å². The summed E-state index contributed by atoms with van der Waals surface area (Å²) in [5.74, 6) is -1.21. The number of carboxylic acids is 1. The molecule has 3 atom stereocenters. The van der Waals surface area contributed by atoms with Crippen LogP contribution in [0.1, 0.15) is 46.0 Å². The molecule has 4 N–H and O–H groups in total. The van der Waals surface area contributed by atoms with Crippen LogP contribution in [0.2, 0.25) is 0 Å². The summed E-state index contributed by atoms with van der Waals surface area (Å²) in [6.45, 7) is 4.12. The molecule has 1 amide bonds. The van der Waals surface area contributed by atoms with Crippen LogP contribution in [0.5, 0.6) is 0 Å². The van der Waals surface area contributed by atoms with Crippen molar-refractivity contribution in [3.63, 3.8) is 0 Å². The van der Waals surface area contributed by atoms with Gasteiger partial charge in [0, 0.05) is 6.54 Å². The van der Waals surface area contributed by atoms with Crippen LogP contribution in [-0.2, 0) is 9.59 Å². The Morgan fingerprint density at radius 2 is 2.11 bits per heavy atom. The Bertz CT molecular complexity index is 315. The summed E-state index contributed by atoms with van der Waals surface area (Å²) in [6, 6.07) is 0. The summed E-state index contributed by atoms with van der Waals surface area (Å²) in [5.41, 5.74) is 5.07. The van der Waals surface area contributed by atoms with Crippen molar-refractivity contribution in [2.75, 3.05) is 6.54 Å². The van der Waals surface area contributed by atoms with E-state index in [1.54, 1.807) is 6.92 Å². The van der Waals surface area contributed by atoms with Crippen molar-refractivity contribution in [2.24, 2.45) is 17.6 Å². The lowest BCUT2D eigenvalue weighted by molar-refractivity contribution is -0.143. The highest BCUT2D eigenvalue weighted by Gasteiger charge is 2.34. The first-order chi connectivity index (χ1) is 8.38. The van der Waals surface area contributed by atoms with Crippen molar-refractivity contribution >= 4 is 11.9 Å². The molecule has 5 nitrogen and oxygen atoms in total. The van der Waals surface area contributed by atoms with Crippen LogP contribution in [0.15, 0.2) is 0 Å². The van der Waals surface area contributed by atoms with Crippen molar-refractivity contribution in [1.29, 1.82) is 0 Å². The highest BCUT2D eigenvalue weighted by atomic mass is 16.4. The van der Waals surface area contributed by atoms with E-state index in [0.29, 0.717) is 19.4 Å². The zero-order valence-electron chi connectivity index (χ0n) is 11.2. The summed E-state index contributed by atoms with van der Waals surface area (Å²) in [4.78, 5) is 22.9. The molecule has 0 heterocycles. The number of carbonyl (C=O) groups excluding carboxylic acids is 1. The second kappa shape index (κ2) is 6.18. The van der Waals surface area contributed by atoms with E-state index in [1.165, 1.54) is 0 Å². The summed E-state index contributed by atoms with van der Waals surface area (Å²) in [5, 5.41) is 11.9. The van der Waals surface area contributed by atoms with E-state index in [0.717, 1.165) is 19.3 Å². The average Bonchev–Trinajstić information content (AvgIpc) is 2.73. The number of nitrogens with one attached hydrogen (secondary N) is 1. The highest BCUT2D eigenvalue weighted by molar-refractivity contribution is 5.85. The first-order valence-corrected chi connectivity index (χ1v) is 6.68. The van der Waals surface area contributed by atoms with Crippen molar-refractivity contribution in [3.8, 4) is 0 Å². The smallest absolute Gasteiger partial charge is 0.306 e. The number of rotatable bonds is 6. The van der Waals surface area contributed by atoms with Crippen molar-refractivity contribution < 1.29 is 14.7 Å². The molecule has 104 valence electrons. The molecule has 0 saturated heterocycles. The molecule has 0 radical (unpaired) electrons. The van der Waals surface area contributed by atoms with E-state index in [1.807, 2.05) is 6.92 Å². The number of aliphatic carboxylic acids is 1. The minimum atomic E-state index is -0.855. The number of amides is 1. The first kappa shape index (κ1) is 15.0. The Hall–Kier alpha value is -1.10. The van der Waals surface area contributed by atoms with Crippen LogP contribution in [-0.4, -0.2) is 29.1 Å². The minimum absolute atomic E-state index is 0.0453. The van der Waals surface area contributed by atoms with Crippen LogP contribution in [0, 0.1) is 11.8 Å². The maximum absolute atomic E-state index is 11.9. The van der Waals surface area contributed by atoms with Crippen molar-refractivity contribution in [2.45, 2.75) is 51.5 Å². The van der Waals surface area contributed by atoms with E-state index >= 15 is 0 Å². The standard InChI is InChI=1S/C13H24N2O3/c1-3-7-13(2,14)12(18)15-8-9-5-4-6-10(9)11(16)17/h9-10H,3-8,14H2,1-2H3,(H,15,18)(H,16,17). The van der Waals surface area contributed by atoms with Gasteiger partial charge in [0.25, 0.3) is 0 Å².